The maximum Gasteiger partial charge on any atom is 0.341 e. The lowest BCUT2D eigenvalue weighted by Crippen LogP contribution is -2.23. The van der Waals surface area contributed by atoms with Gasteiger partial charge in [0.25, 0.3) is 5.91 Å². The van der Waals surface area contributed by atoms with Gasteiger partial charge >= 0.3 is 5.97 Å². The van der Waals surface area contributed by atoms with Gasteiger partial charge in [0.05, 0.1) is 17.2 Å². The van der Waals surface area contributed by atoms with Crippen molar-refractivity contribution in [2.24, 2.45) is 5.10 Å². The van der Waals surface area contributed by atoms with Crippen LogP contribution in [0.4, 0.5) is 5.82 Å². The number of aromatic nitrogens is 4. The molecule has 0 aliphatic rings. The minimum Gasteiger partial charge on any atom is -0.482 e. The summed E-state index contributed by atoms with van der Waals surface area (Å²) in [5.41, 5.74) is 10.4. The van der Waals surface area contributed by atoms with Crippen LogP contribution in [-0.2, 0) is 16.1 Å². The van der Waals surface area contributed by atoms with Crippen molar-refractivity contribution in [1.82, 2.24) is 25.3 Å². The summed E-state index contributed by atoms with van der Waals surface area (Å²) in [5.74, 6) is -0.724. The number of nitrogen functional groups attached to an aromatic ring is 1. The van der Waals surface area contributed by atoms with Gasteiger partial charge in [-0.25, -0.2) is 19.8 Å². The van der Waals surface area contributed by atoms with E-state index >= 15 is 0 Å². The largest absolute Gasteiger partial charge is 0.482 e. The van der Waals surface area contributed by atoms with E-state index in [9.17, 15) is 9.59 Å². The molecule has 0 atom stereocenters. The van der Waals surface area contributed by atoms with Crippen LogP contribution in [0.5, 0.6) is 5.75 Å². The Morgan fingerprint density at radius 2 is 2.06 bits per heavy atom. The number of carbonyl (C=O) groups is 2. The van der Waals surface area contributed by atoms with Gasteiger partial charge in [0.2, 0.25) is 0 Å². The maximum atomic E-state index is 12.5. The molecule has 0 radical (unpaired) electrons. The average Bonchev–Trinajstić information content (AvgIpc) is 3.36. The fraction of sp³-hybridized carbons (Fsp3) is 0.100. The van der Waals surface area contributed by atoms with E-state index in [0.717, 1.165) is 0 Å². The number of hydrazone groups is 1. The second kappa shape index (κ2) is 8.95. The van der Waals surface area contributed by atoms with E-state index in [4.69, 9.17) is 15.6 Å². The summed E-state index contributed by atoms with van der Waals surface area (Å²) >= 11 is 0. The topological polar surface area (TPSA) is 171 Å². The number of hydrogen-bond donors (Lipinski definition) is 3. The highest BCUT2D eigenvalue weighted by molar-refractivity contribution is 5.86. The Balaban J connectivity index is 1.49. The molecule has 12 heteroatoms. The first-order chi connectivity index (χ1) is 15.5. The molecule has 0 aliphatic carbocycles. The van der Waals surface area contributed by atoms with Gasteiger partial charge in [-0.2, -0.15) is 5.10 Å². The van der Waals surface area contributed by atoms with E-state index in [-0.39, 0.29) is 18.1 Å². The van der Waals surface area contributed by atoms with Crippen LogP contribution >= 0.6 is 0 Å². The van der Waals surface area contributed by atoms with Crippen LogP contribution < -0.4 is 15.9 Å². The maximum absolute atomic E-state index is 12.5. The first kappa shape index (κ1) is 20.5. The molecule has 0 unspecified atom stereocenters. The molecule has 162 valence electrons. The summed E-state index contributed by atoms with van der Waals surface area (Å²) in [7, 11) is 0. The van der Waals surface area contributed by atoms with E-state index in [0.29, 0.717) is 28.2 Å². The van der Waals surface area contributed by atoms with Gasteiger partial charge in [-0.15, -0.1) is 0 Å². The zero-order valence-electron chi connectivity index (χ0n) is 16.5. The average molecular weight is 435 g/mol. The van der Waals surface area contributed by atoms with Crippen LogP contribution in [0.3, 0.4) is 0 Å². The summed E-state index contributed by atoms with van der Waals surface area (Å²) < 4.78 is 11.4. The van der Waals surface area contributed by atoms with Gasteiger partial charge in [0, 0.05) is 0 Å². The number of aliphatic carboxylic acids is 1. The summed E-state index contributed by atoms with van der Waals surface area (Å²) in [6.45, 7) is -0.564. The van der Waals surface area contributed by atoms with Crippen molar-refractivity contribution in [2.75, 3.05) is 12.3 Å². The number of amides is 1. The number of nitrogens with two attached hydrogens (primary N) is 1. The van der Waals surface area contributed by atoms with Crippen molar-refractivity contribution in [1.29, 1.82) is 0 Å². The van der Waals surface area contributed by atoms with Crippen LogP contribution in [0.1, 0.15) is 5.56 Å². The van der Waals surface area contributed by atoms with Crippen molar-refractivity contribution in [3.63, 3.8) is 0 Å². The lowest BCUT2D eigenvalue weighted by molar-refractivity contribution is -0.139. The highest BCUT2D eigenvalue weighted by atomic mass is 16.6. The lowest BCUT2D eigenvalue weighted by atomic mass is 10.2. The van der Waals surface area contributed by atoms with Crippen molar-refractivity contribution in [3.8, 4) is 17.3 Å². The molecule has 4 N–H and O–H groups in total. The third-order valence-corrected chi connectivity index (χ3v) is 4.31. The van der Waals surface area contributed by atoms with Crippen molar-refractivity contribution in [2.45, 2.75) is 6.54 Å². The number of para-hydroxylation sites is 2. The zero-order chi connectivity index (χ0) is 22.5. The van der Waals surface area contributed by atoms with Crippen LogP contribution in [0.2, 0.25) is 0 Å². The predicted molar refractivity (Wildman–Crippen MR) is 113 cm³/mol. The van der Waals surface area contributed by atoms with E-state index in [1.807, 2.05) is 18.2 Å². The zero-order valence-corrected chi connectivity index (χ0v) is 16.5. The Bertz CT molecular complexity index is 1310. The molecule has 0 aliphatic heterocycles. The summed E-state index contributed by atoms with van der Waals surface area (Å²) in [6.07, 6.45) is 1.41. The third kappa shape index (κ3) is 4.53. The molecule has 32 heavy (non-hydrogen) atoms. The van der Waals surface area contributed by atoms with E-state index in [1.54, 1.807) is 34.9 Å². The number of nitrogens with one attached hydrogen (secondary N) is 1. The van der Waals surface area contributed by atoms with Crippen molar-refractivity contribution < 1.29 is 24.1 Å². The molecule has 1 amide bonds. The van der Waals surface area contributed by atoms with Gasteiger partial charge < -0.3 is 20.1 Å². The number of carboxylic acids is 1. The number of hydrogen-bond acceptors (Lipinski definition) is 9. The van der Waals surface area contributed by atoms with E-state index < -0.39 is 18.5 Å². The molecule has 2 aromatic carbocycles. The standard InChI is InChI=1S/C20H17N7O5/c21-19-18(25-32-26-19)20-23-14-6-1-2-7-15(14)27(20)10-16(28)24-22-9-12-4-3-5-13(8-12)31-11-17(29)30/h1-9H,10-11H2,(H2,21,26)(H,24,28)(H,29,30)/b22-9+. The minimum atomic E-state index is -1.08. The Hall–Kier alpha value is -4.74. The second-order valence-electron chi connectivity index (χ2n) is 6.56. The normalized spacial score (nSPS) is 11.1. The van der Waals surface area contributed by atoms with Gasteiger partial charge in [0.1, 0.15) is 12.3 Å². The van der Waals surface area contributed by atoms with E-state index in [2.05, 4.69) is 30.5 Å². The summed E-state index contributed by atoms with van der Waals surface area (Å²) in [6, 6.07) is 13.9. The van der Waals surface area contributed by atoms with Crippen LogP contribution in [0.25, 0.3) is 22.6 Å². The monoisotopic (exact) mass is 435 g/mol. The highest BCUT2D eigenvalue weighted by Gasteiger charge is 2.20. The Morgan fingerprint density at radius 3 is 2.84 bits per heavy atom. The van der Waals surface area contributed by atoms with Gasteiger partial charge in [-0.3, -0.25) is 4.79 Å². The van der Waals surface area contributed by atoms with Crippen LogP contribution in [0.15, 0.2) is 58.3 Å². The van der Waals surface area contributed by atoms with Gasteiger partial charge in [0.15, 0.2) is 23.9 Å². The first-order valence-corrected chi connectivity index (χ1v) is 9.31. The first-order valence-electron chi connectivity index (χ1n) is 9.31. The Morgan fingerprint density at radius 1 is 1.22 bits per heavy atom. The molecule has 0 fully saturated rings. The minimum absolute atomic E-state index is 0.0602. The molecular weight excluding hydrogens is 418 g/mol. The second-order valence-corrected chi connectivity index (χ2v) is 6.56. The molecule has 2 heterocycles. The molecule has 0 spiro atoms. The van der Waals surface area contributed by atoms with Crippen molar-refractivity contribution in [3.05, 3.63) is 54.1 Å². The van der Waals surface area contributed by atoms with E-state index in [1.165, 1.54) is 6.21 Å². The molecule has 0 bridgehead atoms. The molecular formula is C20H17N7O5. The van der Waals surface area contributed by atoms with Crippen LogP contribution in [-0.4, -0.2) is 49.7 Å². The number of fused-ring (bicyclic) bond motifs is 1. The molecule has 0 saturated carbocycles. The summed E-state index contributed by atoms with van der Waals surface area (Å²) in [4.78, 5) is 27.6. The fourth-order valence-electron chi connectivity index (χ4n) is 2.95. The Kier molecular flexibility index (Phi) is 5.74. The smallest absolute Gasteiger partial charge is 0.341 e. The molecule has 12 nitrogen and oxygen atoms in total. The number of nitrogens with zero attached hydrogens (tertiary/aromatic N) is 5. The molecule has 4 rings (SSSR count). The number of anilines is 1. The number of imidazole rings is 1. The summed E-state index contributed by atoms with van der Waals surface area (Å²) in [5, 5.41) is 20.0. The van der Waals surface area contributed by atoms with Gasteiger partial charge in [-0.05, 0) is 40.1 Å². The Labute approximate surface area is 180 Å². The number of carboxylic acid groups (broad SMARTS) is 1. The lowest BCUT2D eigenvalue weighted by Gasteiger charge is -2.07. The quantitative estimate of drug-likeness (QED) is 0.272. The molecule has 2 aromatic heterocycles. The van der Waals surface area contributed by atoms with Crippen LogP contribution in [0, 0.1) is 0 Å². The number of ether oxygens (including phenoxy) is 1. The fourth-order valence-corrected chi connectivity index (χ4v) is 2.95. The third-order valence-electron chi connectivity index (χ3n) is 4.31. The highest BCUT2D eigenvalue weighted by Crippen LogP contribution is 2.26. The molecule has 4 aromatic rings. The predicted octanol–water partition coefficient (Wildman–Crippen LogP) is 1.28. The SMILES string of the molecule is Nc1nonc1-c1nc2ccccc2n1CC(=O)N/N=C/c1cccc(OCC(=O)O)c1. The van der Waals surface area contributed by atoms with Crippen molar-refractivity contribution >= 4 is 34.9 Å². The number of benzene rings is 2. The number of rotatable bonds is 8. The number of carbonyl (C=O) groups excluding carboxylic acids is 1. The molecule has 0 saturated heterocycles. The van der Waals surface area contributed by atoms with Gasteiger partial charge in [-0.1, -0.05) is 24.3 Å².